The molecule has 1 atom stereocenters. The van der Waals surface area contributed by atoms with Gasteiger partial charge in [-0.3, -0.25) is 4.79 Å². The third-order valence-electron chi connectivity index (χ3n) is 2.37. The fourth-order valence-electron chi connectivity index (χ4n) is 1.57. The van der Waals surface area contributed by atoms with Crippen molar-refractivity contribution in [3.8, 4) is 0 Å². The summed E-state index contributed by atoms with van der Waals surface area (Å²) >= 11 is 0. The molecule has 0 aromatic carbocycles. The number of alkyl halides is 3. The summed E-state index contributed by atoms with van der Waals surface area (Å²) in [7, 11) is 0. The van der Waals surface area contributed by atoms with E-state index in [0.29, 0.717) is 6.42 Å². The summed E-state index contributed by atoms with van der Waals surface area (Å²) in [5.41, 5.74) is 0. The first-order chi connectivity index (χ1) is 6.97. The molecular weight excluding hydrogens is 245 g/mol. The molecule has 0 bridgehead atoms. The molecule has 1 fully saturated rings. The highest BCUT2D eigenvalue weighted by Gasteiger charge is 2.26. The Hall–Kier alpha value is -0.490. The maximum Gasteiger partial charge on any atom is 0.390 e. The number of halogens is 4. The maximum atomic E-state index is 11.7. The molecule has 1 aliphatic rings. The molecule has 1 heterocycles. The van der Waals surface area contributed by atoms with Crippen molar-refractivity contribution in [2.45, 2.75) is 25.4 Å². The Morgan fingerprint density at radius 1 is 1.44 bits per heavy atom. The zero-order valence-corrected chi connectivity index (χ0v) is 9.59. The van der Waals surface area contributed by atoms with E-state index in [9.17, 15) is 18.0 Å². The van der Waals surface area contributed by atoms with Crippen LogP contribution in [0.4, 0.5) is 13.2 Å². The van der Waals surface area contributed by atoms with Crippen LogP contribution in [0.5, 0.6) is 0 Å². The Morgan fingerprint density at radius 2 is 2.12 bits per heavy atom. The lowest BCUT2D eigenvalue weighted by atomic mass is 10.0. The van der Waals surface area contributed by atoms with Gasteiger partial charge in [-0.2, -0.15) is 13.2 Å². The summed E-state index contributed by atoms with van der Waals surface area (Å²) in [6.07, 6.45) is -3.90. The van der Waals surface area contributed by atoms with Crippen LogP contribution in [-0.2, 0) is 4.79 Å². The third kappa shape index (κ3) is 6.90. The summed E-state index contributed by atoms with van der Waals surface area (Å²) in [6, 6.07) is 0. The Bertz CT molecular complexity index is 217. The van der Waals surface area contributed by atoms with E-state index in [2.05, 4.69) is 10.6 Å². The van der Waals surface area contributed by atoms with Crippen LogP contribution in [0.1, 0.15) is 19.3 Å². The summed E-state index contributed by atoms with van der Waals surface area (Å²) in [5, 5.41) is 5.38. The summed E-state index contributed by atoms with van der Waals surface area (Å²) in [4.78, 5) is 11.2. The zero-order valence-electron chi connectivity index (χ0n) is 8.77. The first-order valence-corrected chi connectivity index (χ1v) is 5.01. The number of rotatable bonds is 4. The average molecular weight is 261 g/mol. The molecule has 1 amide bonds. The average Bonchev–Trinajstić information content (AvgIpc) is 2.54. The summed E-state index contributed by atoms with van der Waals surface area (Å²) in [6.45, 7) is 1.36. The maximum absolute atomic E-state index is 11.7. The van der Waals surface area contributed by atoms with Crippen LogP contribution in [0.15, 0.2) is 0 Å². The van der Waals surface area contributed by atoms with E-state index in [-0.39, 0.29) is 30.8 Å². The number of nitrogens with one attached hydrogen (secondary N) is 2. The smallest absolute Gasteiger partial charge is 0.356 e. The van der Waals surface area contributed by atoms with Gasteiger partial charge in [-0.15, -0.1) is 12.4 Å². The lowest BCUT2D eigenvalue weighted by Gasteiger charge is -2.10. The number of hydrogen-bond acceptors (Lipinski definition) is 2. The monoisotopic (exact) mass is 260 g/mol. The van der Waals surface area contributed by atoms with E-state index in [0.717, 1.165) is 19.5 Å². The van der Waals surface area contributed by atoms with Crippen molar-refractivity contribution in [3.63, 3.8) is 0 Å². The van der Waals surface area contributed by atoms with Crippen molar-refractivity contribution >= 4 is 18.3 Å². The van der Waals surface area contributed by atoms with Crippen LogP contribution in [0.3, 0.4) is 0 Å². The van der Waals surface area contributed by atoms with Crippen LogP contribution < -0.4 is 10.6 Å². The Morgan fingerprint density at radius 3 is 2.62 bits per heavy atom. The van der Waals surface area contributed by atoms with Crippen molar-refractivity contribution < 1.29 is 18.0 Å². The summed E-state index contributed by atoms with van der Waals surface area (Å²) < 4.78 is 35.2. The van der Waals surface area contributed by atoms with Crippen LogP contribution in [0, 0.1) is 5.92 Å². The van der Waals surface area contributed by atoms with Crippen LogP contribution >= 0.6 is 12.4 Å². The molecule has 1 rings (SSSR count). The second kappa shape index (κ2) is 6.96. The van der Waals surface area contributed by atoms with Crippen molar-refractivity contribution in [3.05, 3.63) is 0 Å². The van der Waals surface area contributed by atoms with Gasteiger partial charge in [0, 0.05) is 13.0 Å². The SMILES string of the molecule is Cl.O=C(CC1CCNC1)NCCC(F)(F)F. The predicted molar refractivity (Wildman–Crippen MR) is 56.5 cm³/mol. The predicted octanol–water partition coefficient (Wildman–Crippen LogP) is 1.48. The van der Waals surface area contributed by atoms with Crippen LogP contribution in [-0.4, -0.2) is 31.7 Å². The molecule has 1 aliphatic heterocycles. The highest BCUT2D eigenvalue weighted by atomic mass is 35.5. The van der Waals surface area contributed by atoms with Gasteiger partial charge in [0.25, 0.3) is 0 Å². The largest absolute Gasteiger partial charge is 0.390 e. The normalized spacial score (nSPS) is 20.3. The Balaban J connectivity index is 0.00000225. The minimum atomic E-state index is -4.19. The molecule has 96 valence electrons. The molecule has 1 unspecified atom stereocenters. The van der Waals surface area contributed by atoms with Crippen LogP contribution in [0.2, 0.25) is 0 Å². The van der Waals surface area contributed by atoms with Crippen molar-refractivity contribution in [1.82, 2.24) is 10.6 Å². The van der Waals surface area contributed by atoms with Crippen molar-refractivity contribution in [2.75, 3.05) is 19.6 Å². The van der Waals surface area contributed by atoms with Crippen LogP contribution in [0.25, 0.3) is 0 Å². The van der Waals surface area contributed by atoms with E-state index in [1.54, 1.807) is 0 Å². The highest BCUT2D eigenvalue weighted by Crippen LogP contribution is 2.18. The molecule has 3 nitrogen and oxygen atoms in total. The molecule has 1 saturated heterocycles. The lowest BCUT2D eigenvalue weighted by Crippen LogP contribution is -2.29. The topological polar surface area (TPSA) is 41.1 Å². The molecule has 0 radical (unpaired) electrons. The first-order valence-electron chi connectivity index (χ1n) is 5.01. The molecule has 0 spiro atoms. The standard InChI is InChI=1S/C9H15F3N2O.ClH/c10-9(11,12)2-4-14-8(15)5-7-1-3-13-6-7;/h7,13H,1-6H2,(H,14,15);1H. The van der Waals surface area contributed by atoms with Gasteiger partial charge < -0.3 is 10.6 Å². The zero-order chi connectivity index (χ0) is 11.3. The number of hydrogen-bond donors (Lipinski definition) is 2. The van der Waals surface area contributed by atoms with Gasteiger partial charge in [0.15, 0.2) is 0 Å². The third-order valence-corrected chi connectivity index (χ3v) is 2.37. The van der Waals surface area contributed by atoms with Gasteiger partial charge in [0.2, 0.25) is 5.91 Å². The number of carbonyl (C=O) groups excluding carboxylic acids is 1. The quantitative estimate of drug-likeness (QED) is 0.804. The molecular formula is C9H16ClF3N2O. The molecule has 16 heavy (non-hydrogen) atoms. The summed E-state index contributed by atoms with van der Waals surface area (Å²) in [5.74, 6) is -0.0103. The second-order valence-corrected chi connectivity index (χ2v) is 3.78. The molecule has 2 N–H and O–H groups in total. The first kappa shape index (κ1) is 15.5. The van der Waals surface area contributed by atoms with Crippen molar-refractivity contribution in [1.29, 1.82) is 0 Å². The van der Waals surface area contributed by atoms with Gasteiger partial charge >= 0.3 is 6.18 Å². The Labute approximate surface area is 98.6 Å². The van der Waals surface area contributed by atoms with E-state index in [1.165, 1.54) is 0 Å². The molecule has 0 aliphatic carbocycles. The molecule has 7 heteroatoms. The molecule has 0 aromatic rings. The van der Waals surface area contributed by atoms with E-state index < -0.39 is 12.6 Å². The highest BCUT2D eigenvalue weighted by molar-refractivity contribution is 5.85. The van der Waals surface area contributed by atoms with Gasteiger partial charge in [-0.05, 0) is 25.4 Å². The minimum absolute atomic E-state index is 0. The van der Waals surface area contributed by atoms with Gasteiger partial charge in [-0.25, -0.2) is 0 Å². The fourth-order valence-corrected chi connectivity index (χ4v) is 1.57. The van der Waals surface area contributed by atoms with Crippen molar-refractivity contribution in [2.24, 2.45) is 5.92 Å². The van der Waals surface area contributed by atoms with E-state index in [4.69, 9.17) is 0 Å². The lowest BCUT2D eigenvalue weighted by molar-refractivity contribution is -0.135. The minimum Gasteiger partial charge on any atom is -0.356 e. The van der Waals surface area contributed by atoms with Gasteiger partial charge in [0.05, 0.1) is 6.42 Å². The van der Waals surface area contributed by atoms with Gasteiger partial charge in [0.1, 0.15) is 0 Å². The fraction of sp³-hybridized carbons (Fsp3) is 0.889. The van der Waals surface area contributed by atoms with Gasteiger partial charge in [-0.1, -0.05) is 0 Å². The van der Waals surface area contributed by atoms with E-state index in [1.807, 2.05) is 0 Å². The number of carbonyl (C=O) groups is 1. The Kier molecular flexibility index (Phi) is 6.74. The second-order valence-electron chi connectivity index (χ2n) is 3.78. The number of amides is 1. The molecule has 0 saturated carbocycles. The van der Waals surface area contributed by atoms with E-state index >= 15 is 0 Å². The molecule has 0 aromatic heterocycles.